The fourth-order valence-electron chi connectivity index (χ4n) is 7.76. The number of phenols is 2. The Bertz CT molecular complexity index is 1900. The lowest BCUT2D eigenvalue weighted by Gasteiger charge is -2.52. The molecule has 16 nitrogen and oxygen atoms in total. The Labute approximate surface area is 277 Å². The summed E-state index contributed by atoms with van der Waals surface area (Å²) in [6, 6.07) is 2.05. The molecule has 0 spiro atoms. The molecule has 8 atom stereocenters. The zero-order valence-corrected chi connectivity index (χ0v) is 26.8. The number of methoxy groups -OCH3 is 3. The highest BCUT2D eigenvalue weighted by atomic mass is 16.6. The lowest BCUT2D eigenvalue weighted by molar-refractivity contribution is -0.236. The van der Waals surface area contributed by atoms with Gasteiger partial charge in [-0.15, -0.1) is 0 Å². The number of benzene rings is 2. The number of phenolic OH excluding ortho intramolecular Hbond substituents is 1. The molecular weight excluding hydrogens is 650 g/mol. The normalized spacial score (nSPS) is 32.1. The van der Waals surface area contributed by atoms with E-state index >= 15 is 0 Å². The molecule has 3 aliphatic carbocycles. The number of aromatic carboxylic acids is 1. The van der Waals surface area contributed by atoms with Gasteiger partial charge in [0.1, 0.15) is 35.4 Å². The number of fused-ring (bicyclic) bond motifs is 5. The number of ether oxygens (including phenoxy) is 4. The van der Waals surface area contributed by atoms with Gasteiger partial charge < -0.3 is 54.9 Å². The number of carboxylic acids is 1. The van der Waals surface area contributed by atoms with E-state index in [-0.39, 0.29) is 11.1 Å². The van der Waals surface area contributed by atoms with Gasteiger partial charge in [0.2, 0.25) is 17.3 Å². The van der Waals surface area contributed by atoms with Crippen molar-refractivity contribution in [2.24, 2.45) is 0 Å². The summed E-state index contributed by atoms with van der Waals surface area (Å²) in [7, 11) is 3.53. The molecule has 0 aromatic heterocycles. The molecule has 1 saturated heterocycles. The Morgan fingerprint density at radius 3 is 2.20 bits per heavy atom. The molecule has 1 heterocycles. The minimum atomic E-state index is -3.29. The summed E-state index contributed by atoms with van der Waals surface area (Å²) in [5.41, 5.74) is -10.9. The summed E-state index contributed by atoms with van der Waals surface area (Å²) in [4.78, 5) is 68.2. The van der Waals surface area contributed by atoms with Crippen molar-refractivity contribution in [3.63, 3.8) is 0 Å². The van der Waals surface area contributed by atoms with Crippen molar-refractivity contribution >= 4 is 29.1 Å². The Kier molecular flexibility index (Phi) is 8.07. The first kappa shape index (κ1) is 34.3. The fourth-order valence-corrected chi connectivity index (χ4v) is 7.76. The first-order chi connectivity index (χ1) is 23.0. The third-order valence-electron chi connectivity index (χ3n) is 9.98. The number of carboxylic acid groups (broad SMARTS) is 1. The Balaban J connectivity index is 1.51. The Morgan fingerprint density at radius 1 is 0.959 bits per heavy atom. The van der Waals surface area contributed by atoms with Gasteiger partial charge in [-0.25, -0.2) is 4.79 Å². The van der Waals surface area contributed by atoms with E-state index in [9.17, 15) is 54.6 Å². The number of aliphatic hydroxyl groups excluding tert-OH is 2. The third kappa shape index (κ3) is 4.32. The van der Waals surface area contributed by atoms with Crippen LogP contribution in [-0.2, 0) is 31.0 Å². The van der Waals surface area contributed by atoms with Gasteiger partial charge in [-0.3, -0.25) is 19.2 Å². The number of ketones is 4. The molecule has 260 valence electrons. The molecule has 1 unspecified atom stereocenters. The van der Waals surface area contributed by atoms with Crippen LogP contribution in [0.2, 0.25) is 0 Å². The second-order valence-electron chi connectivity index (χ2n) is 12.4. The molecule has 16 heteroatoms. The van der Waals surface area contributed by atoms with Crippen LogP contribution in [0.15, 0.2) is 23.9 Å². The van der Waals surface area contributed by atoms with E-state index in [2.05, 4.69) is 5.32 Å². The van der Waals surface area contributed by atoms with E-state index in [1.54, 1.807) is 6.92 Å². The second-order valence-corrected chi connectivity index (χ2v) is 12.4. The molecule has 2 aromatic carbocycles. The highest BCUT2D eigenvalue weighted by Crippen LogP contribution is 2.56. The lowest BCUT2D eigenvalue weighted by Crippen LogP contribution is -2.73. The van der Waals surface area contributed by atoms with Crippen LogP contribution in [-0.4, -0.2) is 123 Å². The number of aryl methyl sites for hydroxylation is 1. The van der Waals surface area contributed by atoms with Crippen LogP contribution >= 0.6 is 0 Å². The maximum Gasteiger partial charge on any atom is 0.339 e. The van der Waals surface area contributed by atoms with Crippen LogP contribution in [0.1, 0.15) is 75.4 Å². The largest absolute Gasteiger partial charge is 0.507 e. The summed E-state index contributed by atoms with van der Waals surface area (Å²) < 4.78 is 21.9. The average Bonchev–Trinajstić information content (AvgIpc) is 3.02. The van der Waals surface area contributed by atoms with Crippen molar-refractivity contribution in [2.45, 2.75) is 68.2 Å². The number of carbonyl (C=O) groups excluding carboxylic acids is 4. The van der Waals surface area contributed by atoms with Gasteiger partial charge in [-0.05, 0) is 31.0 Å². The highest BCUT2D eigenvalue weighted by Gasteiger charge is 2.72. The predicted octanol–water partition coefficient (Wildman–Crippen LogP) is -0.338. The van der Waals surface area contributed by atoms with E-state index in [4.69, 9.17) is 18.9 Å². The Morgan fingerprint density at radius 2 is 1.61 bits per heavy atom. The predicted molar refractivity (Wildman–Crippen MR) is 162 cm³/mol. The zero-order chi connectivity index (χ0) is 36.1. The molecule has 49 heavy (non-hydrogen) atoms. The van der Waals surface area contributed by atoms with Gasteiger partial charge in [0, 0.05) is 50.5 Å². The highest BCUT2D eigenvalue weighted by molar-refractivity contribution is 6.30. The van der Waals surface area contributed by atoms with Crippen molar-refractivity contribution in [2.75, 3.05) is 21.3 Å². The zero-order valence-electron chi connectivity index (χ0n) is 26.8. The Hall–Kier alpha value is -4.55. The number of allylic oxidation sites excluding steroid dienone is 2. The van der Waals surface area contributed by atoms with Gasteiger partial charge in [-0.1, -0.05) is 6.07 Å². The number of carbonyl (C=O) groups is 5. The van der Waals surface area contributed by atoms with E-state index < -0.39 is 134 Å². The fraction of sp³-hybridized carbons (Fsp3) is 0.424. The molecule has 2 aromatic rings. The van der Waals surface area contributed by atoms with Crippen molar-refractivity contribution in [3.05, 3.63) is 68.4 Å². The van der Waals surface area contributed by atoms with E-state index in [0.717, 1.165) is 19.3 Å². The number of hydrogen-bond donors (Lipinski definition) is 7. The molecule has 4 aliphatic rings. The molecule has 1 aliphatic heterocycles. The van der Waals surface area contributed by atoms with Gasteiger partial charge >= 0.3 is 5.97 Å². The van der Waals surface area contributed by atoms with Crippen LogP contribution in [0.3, 0.4) is 0 Å². The van der Waals surface area contributed by atoms with Gasteiger partial charge in [0.15, 0.2) is 23.2 Å². The third-order valence-corrected chi connectivity index (χ3v) is 9.98. The molecule has 0 bridgehead atoms. The van der Waals surface area contributed by atoms with Crippen LogP contribution in [0.5, 0.6) is 11.5 Å². The van der Waals surface area contributed by atoms with Gasteiger partial charge in [-0.2, -0.15) is 0 Å². The molecule has 7 N–H and O–H groups in total. The monoisotopic (exact) mass is 683 g/mol. The van der Waals surface area contributed by atoms with Crippen molar-refractivity contribution < 1.29 is 73.6 Å². The van der Waals surface area contributed by atoms with Crippen LogP contribution in [0.4, 0.5) is 0 Å². The first-order valence-corrected chi connectivity index (χ1v) is 15.0. The smallest absolute Gasteiger partial charge is 0.339 e. The van der Waals surface area contributed by atoms with Crippen LogP contribution < -0.4 is 5.32 Å². The molecule has 0 radical (unpaired) electrons. The molecule has 1 fully saturated rings. The molecule has 6 rings (SSSR count). The number of aliphatic hydroxyl groups is 3. The number of aromatic hydroxyl groups is 2. The first-order valence-electron chi connectivity index (χ1n) is 15.0. The summed E-state index contributed by atoms with van der Waals surface area (Å²) >= 11 is 0. The van der Waals surface area contributed by atoms with E-state index in [0.29, 0.717) is 0 Å². The van der Waals surface area contributed by atoms with Crippen molar-refractivity contribution in [1.82, 2.24) is 5.32 Å². The maximum atomic E-state index is 14.5. The second kappa shape index (κ2) is 11.5. The topological polar surface area (TPSA) is 256 Å². The molecular formula is C33H33NO15. The minimum absolute atomic E-state index is 0.0272. The molecule has 0 saturated carbocycles. The number of rotatable bonds is 6. The summed E-state index contributed by atoms with van der Waals surface area (Å²) in [5, 5.41) is 69.6. The van der Waals surface area contributed by atoms with Gasteiger partial charge in [0.05, 0.1) is 29.0 Å². The average molecular weight is 684 g/mol. The number of hydrogen-bond acceptors (Lipinski definition) is 15. The quantitative estimate of drug-likeness (QED) is 0.206. The SMILES string of the molecule is CO[C@@H]1[C@@H](O)[C@@H](OC)[C@@H](NC2=CC(=O)c3c(cc4c(c3O)C(=O)[C@]3(OC)C(O)Cc5cc(C)c(C(=O)O)c(O)c5[C@]3(O)C4=O)C2=O)O[C@H]1C. The summed E-state index contributed by atoms with van der Waals surface area (Å²) in [6.45, 7) is 2.95. The number of nitrogens with one attached hydrogen (secondary N) is 1. The lowest BCUT2D eigenvalue weighted by atomic mass is 9.56. The standard InChI is InChI=1S/C33H33NO15/c1-10-6-12-7-17(36)33(48-5)29(42)20-14(28(41)32(33,45)21(12)24(39)18(10)31(43)44)8-13-19(23(20)38)16(35)9-15(22(13)37)34-30-27(47-4)25(40)26(46-3)11(2)49-30/h6,8-9,11,17,25-27,30,34,36,38-40,45H,7H2,1-5H3,(H,43,44)/t11-,17?,25+,26-,27+,30-,32-,33+/m0/s1. The van der Waals surface area contributed by atoms with Crippen LogP contribution in [0, 0.1) is 6.92 Å². The van der Waals surface area contributed by atoms with Crippen molar-refractivity contribution in [1.29, 1.82) is 0 Å². The summed E-state index contributed by atoms with van der Waals surface area (Å²) in [6.07, 6.45) is -6.68. The van der Waals surface area contributed by atoms with E-state index in [1.165, 1.54) is 27.2 Å². The van der Waals surface area contributed by atoms with E-state index in [1.807, 2.05) is 0 Å². The number of Topliss-reactive ketones (excluding diaryl/α,β-unsaturated/α-hetero) is 3. The maximum absolute atomic E-state index is 14.5. The van der Waals surface area contributed by atoms with Gasteiger partial charge in [0.25, 0.3) is 0 Å². The summed E-state index contributed by atoms with van der Waals surface area (Å²) in [5.74, 6) is -8.54. The van der Waals surface area contributed by atoms with Crippen LogP contribution in [0.25, 0.3) is 0 Å². The minimum Gasteiger partial charge on any atom is -0.507 e. The van der Waals surface area contributed by atoms with Crippen molar-refractivity contribution in [3.8, 4) is 11.5 Å². The molecule has 0 amide bonds.